The standard InChI is InChI=1S/C10H21NO4/c1-4-9(5-2)10(12)15-8-6-7-11(13)14-3/h9,13H,4-8H2,1-3H3. The van der Waals surface area contributed by atoms with E-state index in [-0.39, 0.29) is 11.9 Å². The van der Waals surface area contributed by atoms with E-state index in [2.05, 4.69) is 4.84 Å². The summed E-state index contributed by atoms with van der Waals surface area (Å²) in [5, 5.41) is 9.61. The lowest BCUT2D eigenvalue weighted by molar-refractivity contribution is -0.326. The van der Waals surface area contributed by atoms with Crippen LogP contribution in [0.5, 0.6) is 0 Å². The number of ether oxygens (including phenoxy) is 1. The number of hydrogen-bond donors (Lipinski definition) is 1. The second-order valence-corrected chi connectivity index (χ2v) is 3.29. The fourth-order valence-corrected chi connectivity index (χ4v) is 1.20. The zero-order chi connectivity index (χ0) is 11.7. The molecule has 5 nitrogen and oxygen atoms in total. The molecule has 0 aliphatic rings. The molecule has 0 amide bonds. The van der Waals surface area contributed by atoms with E-state index in [0.29, 0.717) is 24.8 Å². The highest BCUT2D eigenvalue weighted by Gasteiger charge is 2.15. The fraction of sp³-hybridized carbons (Fsp3) is 0.900. The van der Waals surface area contributed by atoms with E-state index in [0.717, 1.165) is 12.8 Å². The van der Waals surface area contributed by atoms with Crippen LogP contribution in [-0.4, -0.2) is 36.7 Å². The molecule has 0 aromatic rings. The van der Waals surface area contributed by atoms with Crippen molar-refractivity contribution in [3.8, 4) is 0 Å². The Morgan fingerprint density at radius 3 is 2.47 bits per heavy atom. The van der Waals surface area contributed by atoms with E-state index in [4.69, 9.17) is 9.94 Å². The van der Waals surface area contributed by atoms with Crippen LogP contribution in [0.15, 0.2) is 0 Å². The Kier molecular flexibility index (Phi) is 8.27. The van der Waals surface area contributed by atoms with E-state index in [9.17, 15) is 4.79 Å². The van der Waals surface area contributed by atoms with Crippen molar-refractivity contribution < 1.29 is 19.6 Å². The number of carbonyl (C=O) groups excluding carboxylic acids is 1. The molecular formula is C10H21NO4. The summed E-state index contributed by atoms with van der Waals surface area (Å²) in [4.78, 5) is 15.9. The van der Waals surface area contributed by atoms with Gasteiger partial charge in [0, 0.05) is 0 Å². The third kappa shape index (κ3) is 6.43. The van der Waals surface area contributed by atoms with Crippen LogP contribution in [0.4, 0.5) is 0 Å². The molecule has 5 heteroatoms. The smallest absolute Gasteiger partial charge is 0.308 e. The van der Waals surface area contributed by atoms with E-state index in [1.165, 1.54) is 7.11 Å². The van der Waals surface area contributed by atoms with Crippen molar-refractivity contribution in [2.45, 2.75) is 33.1 Å². The topological polar surface area (TPSA) is 59.0 Å². The molecule has 90 valence electrons. The number of carbonyl (C=O) groups is 1. The van der Waals surface area contributed by atoms with Gasteiger partial charge in [-0.15, -0.1) is 0 Å². The Bertz CT molecular complexity index is 171. The van der Waals surface area contributed by atoms with Crippen molar-refractivity contribution in [2.24, 2.45) is 5.92 Å². The predicted molar refractivity (Wildman–Crippen MR) is 55.1 cm³/mol. The Morgan fingerprint density at radius 1 is 1.40 bits per heavy atom. The number of esters is 1. The quantitative estimate of drug-likeness (QED) is 0.382. The highest BCUT2D eigenvalue weighted by Crippen LogP contribution is 2.09. The van der Waals surface area contributed by atoms with Crippen LogP contribution >= 0.6 is 0 Å². The minimum atomic E-state index is -0.151. The summed E-state index contributed by atoms with van der Waals surface area (Å²) in [6, 6.07) is 0. The fourth-order valence-electron chi connectivity index (χ4n) is 1.20. The van der Waals surface area contributed by atoms with Crippen molar-refractivity contribution in [1.29, 1.82) is 0 Å². The van der Waals surface area contributed by atoms with E-state index < -0.39 is 0 Å². The van der Waals surface area contributed by atoms with Gasteiger partial charge in [-0.1, -0.05) is 19.1 Å². The Hall–Kier alpha value is -0.650. The molecule has 0 aliphatic carbocycles. The molecular weight excluding hydrogens is 198 g/mol. The maximum Gasteiger partial charge on any atom is 0.308 e. The molecule has 0 spiro atoms. The summed E-state index contributed by atoms with van der Waals surface area (Å²) >= 11 is 0. The summed E-state index contributed by atoms with van der Waals surface area (Å²) in [7, 11) is 1.37. The SMILES string of the molecule is CCC(CC)C(=O)OCCCN(O)OC. The minimum Gasteiger partial charge on any atom is -0.465 e. The number of nitrogens with zero attached hydrogens (tertiary/aromatic N) is 1. The van der Waals surface area contributed by atoms with Crippen LogP contribution in [0.3, 0.4) is 0 Å². The van der Waals surface area contributed by atoms with Crippen LogP contribution < -0.4 is 0 Å². The average molecular weight is 219 g/mol. The third-order valence-corrected chi connectivity index (χ3v) is 2.27. The molecule has 0 radical (unpaired) electrons. The van der Waals surface area contributed by atoms with Crippen molar-refractivity contribution in [3.63, 3.8) is 0 Å². The molecule has 15 heavy (non-hydrogen) atoms. The van der Waals surface area contributed by atoms with Gasteiger partial charge >= 0.3 is 5.97 Å². The zero-order valence-electron chi connectivity index (χ0n) is 9.73. The normalized spacial score (nSPS) is 11.1. The van der Waals surface area contributed by atoms with Gasteiger partial charge in [0.2, 0.25) is 0 Å². The Balaban J connectivity index is 3.54. The Morgan fingerprint density at radius 2 is 2.00 bits per heavy atom. The summed E-state index contributed by atoms with van der Waals surface area (Å²) in [6.07, 6.45) is 2.16. The van der Waals surface area contributed by atoms with Crippen LogP contribution in [0.2, 0.25) is 0 Å². The molecule has 0 saturated carbocycles. The maximum absolute atomic E-state index is 11.4. The first kappa shape index (κ1) is 14.3. The highest BCUT2D eigenvalue weighted by atomic mass is 16.9. The van der Waals surface area contributed by atoms with E-state index in [1.807, 2.05) is 13.8 Å². The highest BCUT2D eigenvalue weighted by molar-refractivity contribution is 5.72. The molecule has 0 aliphatic heterocycles. The van der Waals surface area contributed by atoms with Crippen LogP contribution in [0.1, 0.15) is 33.1 Å². The molecule has 0 fully saturated rings. The van der Waals surface area contributed by atoms with Crippen molar-refractivity contribution in [3.05, 3.63) is 0 Å². The maximum atomic E-state index is 11.4. The van der Waals surface area contributed by atoms with E-state index >= 15 is 0 Å². The molecule has 0 aromatic heterocycles. The Labute approximate surface area is 90.9 Å². The summed E-state index contributed by atoms with van der Waals surface area (Å²) < 4.78 is 5.05. The molecule has 0 bridgehead atoms. The van der Waals surface area contributed by atoms with Gasteiger partial charge in [0.05, 0.1) is 26.2 Å². The first-order valence-corrected chi connectivity index (χ1v) is 5.32. The van der Waals surface area contributed by atoms with Gasteiger partial charge in [-0.2, -0.15) is 0 Å². The molecule has 0 unspecified atom stereocenters. The van der Waals surface area contributed by atoms with Crippen molar-refractivity contribution in [2.75, 3.05) is 20.3 Å². The van der Waals surface area contributed by atoms with Crippen LogP contribution in [0.25, 0.3) is 0 Å². The van der Waals surface area contributed by atoms with Crippen molar-refractivity contribution in [1.82, 2.24) is 5.23 Å². The second-order valence-electron chi connectivity index (χ2n) is 3.29. The van der Waals surface area contributed by atoms with Gasteiger partial charge in [-0.3, -0.25) is 14.8 Å². The average Bonchev–Trinajstić information content (AvgIpc) is 2.25. The molecule has 1 N–H and O–H groups in total. The minimum absolute atomic E-state index is 0.00217. The molecule has 0 aromatic carbocycles. The van der Waals surface area contributed by atoms with Gasteiger partial charge < -0.3 is 4.74 Å². The van der Waals surface area contributed by atoms with Crippen LogP contribution in [0, 0.1) is 5.92 Å². The van der Waals surface area contributed by atoms with Gasteiger partial charge in [0.15, 0.2) is 0 Å². The zero-order valence-corrected chi connectivity index (χ0v) is 9.73. The van der Waals surface area contributed by atoms with Gasteiger partial charge in [0.25, 0.3) is 0 Å². The van der Waals surface area contributed by atoms with Gasteiger partial charge in [-0.05, 0) is 19.3 Å². The summed E-state index contributed by atoms with van der Waals surface area (Å²) in [5.41, 5.74) is 0. The third-order valence-electron chi connectivity index (χ3n) is 2.27. The molecule has 0 heterocycles. The van der Waals surface area contributed by atoms with Crippen LogP contribution in [-0.2, 0) is 14.4 Å². The lowest BCUT2D eigenvalue weighted by Gasteiger charge is -2.13. The van der Waals surface area contributed by atoms with Crippen molar-refractivity contribution >= 4 is 5.97 Å². The monoisotopic (exact) mass is 219 g/mol. The molecule has 0 saturated heterocycles. The number of rotatable bonds is 8. The summed E-state index contributed by atoms with van der Waals surface area (Å²) in [5.74, 6) is -0.153. The second kappa shape index (κ2) is 8.64. The number of hydroxylamine groups is 2. The first-order chi connectivity index (χ1) is 7.15. The molecule has 0 atom stereocenters. The molecule has 0 rings (SSSR count). The lowest BCUT2D eigenvalue weighted by atomic mass is 10.0. The van der Waals surface area contributed by atoms with Gasteiger partial charge in [0.1, 0.15) is 0 Å². The van der Waals surface area contributed by atoms with E-state index in [1.54, 1.807) is 0 Å². The first-order valence-electron chi connectivity index (χ1n) is 5.32. The largest absolute Gasteiger partial charge is 0.465 e. The van der Waals surface area contributed by atoms with Gasteiger partial charge in [-0.25, -0.2) is 0 Å². The number of hydrogen-bond acceptors (Lipinski definition) is 5. The predicted octanol–water partition coefficient (Wildman–Crippen LogP) is 1.61. The lowest BCUT2D eigenvalue weighted by Crippen LogP contribution is -2.22. The summed E-state index contributed by atoms with van der Waals surface area (Å²) in [6.45, 7) is 4.58.